The Bertz CT molecular complexity index is 523. The van der Waals surface area contributed by atoms with Crippen LogP contribution < -0.4 is 11.5 Å². The maximum Gasteiger partial charge on any atom is 0.218 e. The molecular weight excluding hydrogens is 369 g/mol. The van der Waals surface area contributed by atoms with Gasteiger partial charge in [-0.15, -0.1) is 24.8 Å². The van der Waals surface area contributed by atoms with Crippen molar-refractivity contribution in [2.24, 2.45) is 21.5 Å². The Morgan fingerprint density at radius 3 is 2.17 bits per heavy atom. The van der Waals surface area contributed by atoms with Gasteiger partial charge in [0.1, 0.15) is 0 Å². The molecule has 5 nitrogen and oxygen atoms in total. The second kappa shape index (κ2) is 12.2. The van der Waals surface area contributed by atoms with Crippen LogP contribution in [-0.2, 0) is 6.42 Å². The summed E-state index contributed by atoms with van der Waals surface area (Å²) in [4.78, 5) is 10.6. The van der Waals surface area contributed by atoms with Crippen LogP contribution in [0.2, 0.25) is 5.02 Å². The van der Waals surface area contributed by atoms with E-state index in [2.05, 4.69) is 14.9 Å². The number of hydrogen-bond acceptors (Lipinski definition) is 1. The van der Waals surface area contributed by atoms with Gasteiger partial charge >= 0.3 is 0 Å². The minimum atomic E-state index is 0. The monoisotopic (exact) mass is 393 g/mol. The largest absolute Gasteiger partial charge is 0.369 e. The van der Waals surface area contributed by atoms with E-state index in [1.54, 1.807) is 0 Å². The first-order valence-electron chi connectivity index (χ1n) is 7.78. The molecule has 0 aromatic heterocycles. The highest BCUT2D eigenvalue weighted by Gasteiger charge is 2.11. The van der Waals surface area contributed by atoms with Crippen molar-refractivity contribution in [3.05, 3.63) is 34.9 Å². The van der Waals surface area contributed by atoms with Crippen molar-refractivity contribution in [2.75, 3.05) is 19.6 Å². The summed E-state index contributed by atoms with van der Waals surface area (Å²) in [6.07, 6.45) is 5.63. The molecule has 1 heterocycles. The zero-order valence-corrected chi connectivity index (χ0v) is 16.0. The van der Waals surface area contributed by atoms with Gasteiger partial charge in [0.2, 0.25) is 5.96 Å². The Morgan fingerprint density at radius 1 is 1.00 bits per heavy atom. The second-order valence-corrected chi connectivity index (χ2v) is 5.92. The molecule has 0 radical (unpaired) electrons. The number of benzene rings is 1. The molecule has 1 aromatic rings. The molecular formula is C16H26Cl3N5. The Labute approximate surface area is 161 Å². The zero-order valence-electron chi connectivity index (χ0n) is 13.7. The molecule has 0 saturated carbocycles. The van der Waals surface area contributed by atoms with Crippen LogP contribution in [0, 0.1) is 0 Å². The minimum Gasteiger partial charge on any atom is -0.369 e. The summed E-state index contributed by atoms with van der Waals surface area (Å²) >= 11 is 5.85. The van der Waals surface area contributed by atoms with Crippen LogP contribution in [0.5, 0.6) is 0 Å². The maximum absolute atomic E-state index is 6.02. The van der Waals surface area contributed by atoms with Gasteiger partial charge in [0.15, 0.2) is 5.96 Å². The smallest absolute Gasteiger partial charge is 0.218 e. The van der Waals surface area contributed by atoms with Gasteiger partial charge in [-0.05, 0) is 37.0 Å². The molecule has 1 aromatic carbocycles. The van der Waals surface area contributed by atoms with Gasteiger partial charge in [0.05, 0.1) is 0 Å². The van der Waals surface area contributed by atoms with Gasteiger partial charge in [0, 0.05) is 24.7 Å². The van der Waals surface area contributed by atoms with Gasteiger partial charge in [-0.1, -0.05) is 36.6 Å². The van der Waals surface area contributed by atoms with E-state index in [-0.39, 0.29) is 30.8 Å². The average Bonchev–Trinajstić information content (AvgIpc) is 2.78. The first kappa shape index (κ1) is 22.8. The zero-order chi connectivity index (χ0) is 15.8. The van der Waals surface area contributed by atoms with E-state index in [1.165, 1.54) is 18.4 Å². The van der Waals surface area contributed by atoms with E-state index in [0.717, 1.165) is 37.4 Å². The lowest BCUT2D eigenvalue weighted by molar-refractivity contribution is 0.431. The van der Waals surface area contributed by atoms with Crippen molar-refractivity contribution in [2.45, 2.75) is 32.1 Å². The van der Waals surface area contributed by atoms with Crippen LogP contribution in [0.25, 0.3) is 0 Å². The standard InChI is InChI=1S/C16H24ClN5.2ClH/c17-14-7-5-13(6-8-14)9-10-20-15(18)21-16(19)22-11-3-1-2-4-12-22;;/h5-8H,1-4,9-12H2,(H4,18,19,20,21);2*1H. The highest BCUT2D eigenvalue weighted by atomic mass is 35.5. The summed E-state index contributed by atoms with van der Waals surface area (Å²) in [5, 5.41) is 0.738. The SMILES string of the molecule is Cl.Cl.NC(=NCCc1ccc(Cl)cc1)/N=C(\N)N1CCCCCC1. The first-order chi connectivity index (χ1) is 10.6. The van der Waals surface area contributed by atoms with Gasteiger partial charge < -0.3 is 16.4 Å². The molecule has 1 aliphatic heterocycles. The Morgan fingerprint density at radius 2 is 1.58 bits per heavy atom. The van der Waals surface area contributed by atoms with Gasteiger partial charge in [-0.3, -0.25) is 4.99 Å². The lowest BCUT2D eigenvalue weighted by Crippen LogP contribution is -2.39. The molecule has 0 atom stereocenters. The molecule has 1 aliphatic rings. The van der Waals surface area contributed by atoms with Crippen LogP contribution in [0.15, 0.2) is 34.3 Å². The van der Waals surface area contributed by atoms with E-state index in [9.17, 15) is 0 Å². The van der Waals surface area contributed by atoms with Crippen LogP contribution >= 0.6 is 36.4 Å². The minimum absolute atomic E-state index is 0. The number of rotatable bonds is 3. The molecule has 0 unspecified atom stereocenters. The first-order valence-corrected chi connectivity index (χ1v) is 8.16. The normalized spacial score (nSPS) is 16.0. The molecule has 8 heteroatoms. The Balaban J connectivity index is 0.00000264. The predicted octanol–water partition coefficient (Wildman–Crippen LogP) is 3.23. The molecule has 0 amide bonds. The second-order valence-electron chi connectivity index (χ2n) is 5.49. The van der Waals surface area contributed by atoms with Crippen molar-refractivity contribution in [1.29, 1.82) is 0 Å². The van der Waals surface area contributed by atoms with E-state index in [1.807, 2.05) is 24.3 Å². The van der Waals surface area contributed by atoms with Gasteiger partial charge in [-0.25, -0.2) is 0 Å². The van der Waals surface area contributed by atoms with Crippen molar-refractivity contribution in [3.63, 3.8) is 0 Å². The third-order valence-electron chi connectivity index (χ3n) is 3.75. The van der Waals surface area contributed by atoms with E-state index >= 15 is 0 Å². The van der Waals surface area contributed by atoms with Gasteiger partial charge in [-0.2, -0.15) is 4.99 Å². The third-order valence-corrected chi connectivity index (χ3v) is 4.00. The topological polar surface area (TPSA) is 80.0 Å². The van der Waals surface area contributed by atoms with Crippen LogP contribution in [0.3, 0.4) is 0 Å². The fourth-order valence-corrected chi connectivity index (χ4v) is 2.60. The molecule has 24 heavy (non-hydrogen) atoms. The summed E-state index contributed by atoms with van der Waals surface area (Å²) in [6, 6.07) is 7.73. The van der Waals surface area contributed by atoms with Crippen molar-refractivity contribution < 1.29 is 0 Å². The van der Waals surface area contributed by atoms with E-state index < -0.39 is 0 Å². The van der Waals surface area contributed by atoms with Crippen molar-refractivity contribution in [3.8, 4) is 0 Å². The van der Waals surface area contributed by atoms with Crippen LogP contribution in [0.4, 0.5) is 0 Å². The summed E-state index contributed by atoms with van der Waals surface area (Å²) in [6.45, 7) is 2.49. The Hall–Kier alpha value is -1.17. The van der Waals surface area contributed by atoms with Gasteiger partial charge in [0.25, 0.3) is 0 Å². The predicted molar refractivity (Wildman–Crippen MR) is 108 cm³/mol. The lowest BCUT2D eigenvalue weighted by atomic mass is 10.1. The van der Waals surface area contributed by atoms with Crippen LogP contribution in [0.1, 0.15) is 31.2 Å². The lowest BCUT2D eigenvalue weighted by Gasteiger charge is -2.20. The molecule has 136 valence electrons. The highest BCUT2D eigenvalue weighted by molar-refractivity contribution is 6.30. The average molecular weight is 395 g/mol. The number of likely N-dealkylation sites (tertiary alicyclic amines) is 1. The number of nitrogens with two attached hydrogens (primary N) is 2. The van der Waals surface area contributed by atoms with Crippen LogP contribution in [-0.4, -0.2) is 36.5 Å². The molecule has 2 rings (SSSR count). The fourth-order valence-electron chi connectivity index (χ4n) is 2.47. The number of halogens is 3. The Kier molecular flexibility index (Phi) is 11.6. The van der Waals surface area contributed by atoms with E-state index in [4.69, 9.17) is 23.1 Å². The summed E-state index contributed by atoms with van der Waals surface area (Å²) in [5.41, 5.74) is 13.0. The molecule has 1 fully saturated rings. The summed E-state index contributed by atoms with van der Waals surface area (Å²) < 4.78 is 0. The molecule has 0 bridgehead atoms. The number of guanidine groups is 2. The number of hydrogen-bond donors (Lipinski definition) is 2. The molecule has 1 saturated heterocycles. The third kappa shape index (κ3) is 8.08. The quantitative estimate of drug-likeness (QED) is 0.610. The molecule has 4 N–H and O–H groups in total. The highest BCUT2D eigenvalue weighted by Crippen LogP contribution is 2.10. The molecule has 0 aliphatic carbocycles. The molecule has 0 spiro atoms. The van der Waals surface area contributed by atoms with Crippen molar-refractivity contribution >= 4 is 48.3 Å². The van der Waals surface area contributed by atoms with Crippen molar-refractivity contribution in [1.82, 2.24) is 4.90 Å². The maximum atomic E-state index is 6.02. The number of aliphatic imine (C=N–C) groups is 2. The van der Waals surface area contributed by atoms with E-state index in [0.29, 0.717) is 12.5 Å². The summed E-state index contributed by atoms with van der Waals surface area (Å²) in [7, 11) is 0. The fraction of sp³-hybridized carbons (Fsp3) is 0.500. The number of nitrogens with zero attached hydrogens (tertiary/aromatic N) is 3. The summed E-state index contributed by atoms with van der Waals surface area (Å²) in [5.74, 6) is 0.727.